The summed E-state index contributed by atoms with van der Waals surface area (Å²) in [6, 6.07) is 36.0. The van der Waals surface area contributed by atoms with Gasteiger partial charge in [-0.2, -0.15) is 0 Å². The molecule has 2 unspecified atom stereocenters. The molecule has 1 N–H and O–H groups in total. The molecule has 0 bridgehead atoms. The number of aliphatic hydroxyl groups excluding tert-OH is 1. The molecule has 4 aromatic carbocycles. The second-order valence-electron chi connectivity index (χ2n) is 12.9. The SMILES string of the molecule is CC.CCC(C)c1ccc(C)cc1.CCCCCc1cccc(C(CC)Cc2cccc(C)c2)c1.CO.Cc1ccc(C2CC2)cc1. The summed E-state index contributed by atoms with van der Waals surface area (Å²) >= 11 is 0. The van der Waals surface area contributed by atoms with Crippen molar-refractivity contribution >= 4 is 0 Å². The maximum Gasteiger partial charge on any atom is 0.0319 e. The molecule has 4 aromatic rings. The Balaban J connectivity index is 0.000000368. The Bertz CT molecular complexity index is 1310. The van der Waals surface area contributed by atoms with Crippen LogP contribution in [0.4, 0.5) is 0 Å². The number of hydrogen-bond donors (Lipinski definition) is 1. The van der Waals surface area contributed by atoms with E-state index >= 15 is 0 Å². The molecule has 1 saturated carbocycles. The lowest BCUT2D eigenvalue weighted by molar-refractivity contribution is 0.399. The van der Waals surface area contributed by atoms with Crippen LogP contribution in [0.2, 0.25) is 0 Å². The fourth-order valence-corrected chi connectivity index (χ4v) is 5.59. The molecule has 5 rings (SSSR count). The number of benzene rings is 4. The van der Waals surface area contributed by atoms with Gasteiger partial charge in [0, 0.05) is 7.11 Å². The molecular weight excluding hydrogens is 569 g/mol. The molecule has 1 aliphatic rings. The van der Waals surface area contributed by atoms with Crippen LogP contribution in [0.5, 0.6) is 0 Å². The number of aliphatic hydroxyl groups is 1. The van der Waals surface area contributed by atoms with Crippen LogP contribution in [-0.4, -0.2) is 12.2 Å². The standard InChI is InChI=1S/C22H30.C11H16.C10H12.C2H6.CH4O/c1-4-6-7-11-19-12-9-14-22(16-19)21(5-2)17-20-13-8-10-18(3)15-20;1-4-10(3)11-7-5-9(2)6-8-11;1-8-2-4-9(5-3-8)10-6-7-10;2*1-2/h8-10,12-16,21H,4-7,11,17H2,1-3H3;5-8,10H,4H2,1-3H3;2-5,10H,6-7H2,1H3;1-2H3;2H,1H3. The van der Waals surface area contributed by atoms with E-state index in [0.29, 0.717) is 11.8 Å². The third kappa shape index (κ3) is 17.0. The number of unbranched alkanes of at least 4 members (excludes halogenated alkanes) is 2. The molecule has 0 amide bonds. The largest absolute Gasteiger partial charge is 0.400 e. The topological polar surface area (TPSA) is 20.2 Å². The van der Waals surface area contributed by atoms with E-state index in [4.69, 9.17) is 5.11 Å². The van der Waals surface area contributed by atoms with Crippen molar-refractivity contribution in [3.63, 3.8) is 0 Å². The van der Waals surface area contributed by atoms with Gasteiger partial charge in [-0.1, -0.05) is 168 Å². The van der Waals surface area contributed by atoms with Crippen LogP contribution in [0.3, 0.4) is 0 Å². The van der Waals surface area contributed by atoms with Crippen LogP contribution in [0.1, 0.15) is 149 Å². The van der Waals surface area contributed by atoms with Crippen molar-refractivity contribution in [3.8, 4) is 0 Å². The average molecular weight is 637 g/mol. The van der Waals surface area contributed by atoms with E-state index < -0.39 is 0 Å². The summed E-state index contributed by atoms with van der Waals surface area (Å²) < 4.78 is 0. The Kier molecular flexibility index (Phi) is 22.2. The molecule has 1 nitrogen and oxygen atoms in total. The Morgan fingerprint density at radius 3 is 1.72 bits per heavy atom. The average Bonchev–Trinajstić information content (AvgIpc) is 3.96. The van der Waals surface area contributed by atoms with E-state index in [-0.39, 0.29) is 0 Å². The number of hydrogen-bond acceptors (Lipinski definition) is 1. The van der Waals surface area contributed by atoms with Gasteiger partial charge in [0.25, 0.3) is 0 Å². The fourth-order valence-electron chi connectivity index (χ4n) is 5.59. The Morgan fingerprint density at radius 1 is 0.617 bits per heavy atom. The number of aryl methyl sites for hydroxylation is 4. The predicted octanol–water partition coefficient (Wildman–Crippen LogP) is 13.5. The highest BCUT2D eigenvalue weighted by atomic mass is 16.2. The quantitative estimate of drug-likeness (QED) is 0.162. The third-order valence-corrected chi connectivity index (χ3v) is 8.93. The number of rotatable bonds is 11. The molecule has 258 valence electrons. The van der Waals surface area contributed by atoms with Gasteiger partial charge >= 0.3 is 0 Å². The summed E-state index contributed by atoms with van der Waals surface area (Å²) in [7, 11) is 1.00. The molecule has 1 aliphatic carbocycles. The zero-order valence-corrected chi connectivity index (χ0v) is 31.8. The molecule has 0 saturated heterocycles. The first-order chi connectivity index (χ1) is 22.8. The van der Waals surface area contributed by atoms with Crippen LogP contribution >= 0.6 is 0 Å². The van der Waals surface area contributed by atoms with Gasteiger partial charge in [0.05, 0.1) is 0 Å². The first-order valence-electron chi connectivity index (χ1n) is 18.5. The van der Waals surface area contributed by atoms with Gasteiger partial charge in [0.2, 0.25) is 0 Å². The Labute approximate surface area is 290 Å². The molecule has 1 heteroatoms. The Morgan fingerprint density at radius 2 is 1.19 bits per heavy atom. The highest BCUT2D eigenvalue weighted by Crippen LogP contribution is 2.39. The molecule has 0 aliphatic heterocycles. The first kappa shape index (κ1) is 41.9. The van der Waals surface area contributed by atoms with Gasteiger partial charge in [0.1, 0.15) is 0 Å². The second-order valence-corrected chi connectivity index (χ2v) is 12.9. The minimum Gasteiger partial charge on any atom is -0.400 e. The highest BCUT2D eigenvalue weighted by molar-refractivity contribution is 5.30. The second kappa shape index (κ2) is 24.9. The maximum atomic E-state index is 7.00. The molecule has 0 radical (unpaired) electrons. The van der Waals surface area contributed by atoms with Crippen molar-refractivity contribution in [1.29, 1.82) is 0 Å². The van der Waals surface area contributed by atoms with Crippen molar-refractivity contribution in [3.05, 3.63) is 142 Å². The van der Waals surface area contributed by atoms with E-state index in [1.165, 1.54) is 95.9 Å². The van der Waals surface area contributed by atoms with Crippen molar-refractivity contribution in [2.24, 2.45) is 0 Å². The van der Waals surface area contributed by atoms with E-state index in [9.17, 15) is 0 Å². The summed E-state index contributed by atoms with van der Waals surface area (Å²) in [5, 5.41) is 7.00. The van der Waals surface area contributed by atoms with Gasteiger partial charge in [-0.3, -0.25) is 0 Å². The van der Waals surface area contributed by atoms with Gasteiger partial charge < -0.3 is 5.11 Å². The van der Waals surface area contributed by atoms with Gasteiger partial charge in [-0.05, 0) is 111 Å². The third-order valence-electron chi connectivity index (χ3n) is 8.93. The van der Waals surface area contributed by atoms with E-state index in [1.807, 2.05) is 13.8 Å². The van der Waals surface area contributed by atoms with E-state index in [0.717, 1.165) is 19.4 Å². The first-order valence-corrected chi connectivity index (χ1v) is 18.5. The lowest BCUT2D eigenvalue weighted by atomic mass is 9.88. The maximum absolute atomic E-state index is 7.00. The summed E-state index contributed by atoms with van der Waals surface area (Å²) in [5.74, 6) is 2.24. The van der Waals surface area contributed by atoms with Crippen molar-refractivity contribution < 1.29 is 5.11 Å². The van der Waals surface area contributed by atoms with Crippen molar-refractivity contribution in [2.75, 3.05) is 7.11 Å². The van der Waals surface area contributed by atoms with Gasteiger partial charge in [-0.15, -0.1) is 0 Å². The molecular formula is C46H68O. The predicted molar refractivity (Wildman–Crippen MR) is 210 cm³/mol. The van der Waals surface area contributed by atoms with Crippen LogP contribution in [0.25, 0.3) is 0 Å². The smallest absolute Gasteiger partial charge is 0.0319 e. The van der Waals surface area contributed by atoms with Gasteiger partial charge in [-0.25, -0.2) is 0 Å². The fraction of sp³-hybridized carbons (Fsp3) is 0.478. The van der Waals surface area contributed by atoms with E-state index in [2.05, 4.69) is 146 Å². The monoisotopic (exact) mass is 637 g/mol. The minimum atomic E-state index is 0.632. The van der Waals surface area contributed by atoms with Gasteiger partial charge in [0.15, 0.2) is 0 Å². The summed E-state index contributed by atoms with van der Waals surface area (Å²) in [4.78, 5) is 0. The van der Waals surface area contributed by atoms with Crippen LogP contribution in [0.15, 0.2) is 97.1 Å². The summed E-state index contributed by atoms with van der Waals surface area (Å²) in [6.07, 6.45) is 11.6. The van der Waals surface area contributed by atoms with E-state index in [1.54, 1.807) is 0 Å². The lowest BCUT2D eigenvalue weighted by Crippen LogP contribution is -2.03. The van der Waals surface area contributed by atoms with Crippen LogP contribution in [0, 0.1) is 20.8 Å². The van der Waals surface area contributed by atoms with Crippen LogP contribution < -0.4 is 0 Å². The minimum absolute atomic E-state index is 0.632. The molecule has 0 aromatic heterocycles. The van der Waals surface area contributed by atoms with Crippen LogP contribution in [-0.2, 0) is 12.8 Å². The highest BCUT2D eigenvalue weighted by Gasteiger charge is 2.22. The molecule has 0 spiro atoms. The Hall–Kier alpha value is -3.16. The van der Waals surface area contributed by atoms with Crippen molar-refractivity contribution in [1.82, 2.24) is 0 Å². The molecule has 1 fully saturated rings. The zero-order valence-electron chi connectivity index (χ0n) is 31.8. The molecule has 2 atom stereocenters. The molecule has 47 heavy (non-hydrogen) atoms. The summed E-state index contributed by atoms with van der Waals surface area (Å²) in [6.45, 7) is 19.5. The lowest BCUT2D eigenvalue weighted by Gasteiger charge is -2.17. The molecule has 0 heterocycles. The van der Waals surface area contributed by atoms with Crippen molar-refractivity contribution in [2.45, 2.75) is 138 Å². The normalized spacial score (nSPS) is 12.7. The zero-order chi connectivity index (χ0) is 35.0. The summed E-state index contributed by atoms with van der Waals surface area (Å²) in [5.41, 5.74) is 11.5.